The van der Waals surface area contributed by atoms with Crippen molar-refractivity contribution in [2.45, 2.75) is 13.8 Å². The van der Waals surface area contributed by atoms with E-state index in [4.69, 9.17) is 5.73 Å². The topological polar surface area (TPSA) is 26.0 Å². The van der Waals surface area contributed by atoms with Crippen molar-refractivity contribution < 1.29 is 4.39 Å². The molecule has 0 fully saturated rings. The predicted octanol–water partition coefficient (Wildman–Crippen LogP) is 3.69. The highest BCUT2D eigenvalue weighted by Crippen LogP contribution is 2.26. The lowest BCUT2D eigenvalue weighted by atomic mass is 9.99. The first-order valence-electron chi connectivity index (χ1n) is 5.20. The molecule has 0 unspecified atom stereocenters. The van der Waals surface area contributed by atoms with Crippen LogP contribution in [0.15, 0.2) is 36.4 Å². The van der Waals surface area contributed by atoms with Crippen molar-refractivity contribution in [3.05, 3.63) is 53.3 Å². The molecule has 0 saturated carbocycles. The second kappa shape index (κ2) is 3.97. The summed E-state index contributed by atoms with van der Waals surface area (Å²) in [4.78, 5) is 0. The van der Waals surface area contributed by atoms with Gasteiger partial charge in [-0.1, -0.05) is 18.2 Å². The molecule has 0 aliphatic heterocycles. The number of rotatable bonds is 1. The summed E-state index contributed by atoms with van der Waals surface area (Å²) in [7, 11) is 0. The summed E-state index contributed by atoms with van der Waals surface area (Å²) in [6, 6.07) is 10.9. The van der Waals surface area contributed by atoms with Crippen molar-refractivity contribution in [1.82, 2.24) is 0 Å². The van der Waals surface area contributed by atoms with Crippen LogP contribution in [0.5, 0.6) is 0 Å². The van der Waals surface area contributed by atoms with Crippen molar-refractivity contribution in [2.75, 3.05) is 5.73 Å². The molecule has 0 aliphatic carbocycles. The van der Waals surface area contributed by atoms with Crippen LogP contribution in [0.3, 0.4) is 0 Å². The zero-order chi connectivity index (χ0) is 11.7. The van der Waals surface area contributed by atoms with Gasteiger partial charge < -0.3 is 5.73 Å². The molecule has 0 aliphatic rings. The van der Waals surface area contributed by atoms with E-state index in [1.165, 1.54) is 0 Å². The van der Waals surface area contributed by atoms with E-state index in [9.17, 15) is 4.39 Å². The Labute approximate surface area is 94.7 Å². The Morgan fingerprint density at radius 1 is 0.938 bits per heavy atom. The van der Waals surface area contributed by atoms with Gasteiger partial charge in [0.15, 0.2) is 0 Å². The molecule has 2 heteroatoms. The van der Waals surface area contributed by atoms with Crippen LogP contribution in [0.1, 0.15) is 11.1 Å². The van der Waals surface area contributed by atoms with Gasteiger partial charge in [-0.3, -0.25) is 0 Å². The molecule has 0 atom stereocenters. The Bertz CT molecular complexity index is 532. The number of anilines is 1. The highest BCUT2D eigenvalue weighted by molar-refractivity contribution is 5.69. The van der Waals surface area contributed by atoms with E-state index in [0.29, 0.717) is 5.56 Å². The molecule has 0 heterocycles. The van der Waals surface area contributed by atoms with E-state index in [1.807, 2.05) is 31.2 Å². The molecule has 1 nitrogen and oxygen atoms in total. The Hall–Kier alpha value is -1.83. The van der Waals surface area contributed by atoms with E-state index in [-0.39, 0.29) is 5.82 Å². The summed E-state index contributed by atoms with van der Waals surface area (Å²) >= 11 is 0. The summed E-state index contributed by atoms with van der Waals surface area (Å²) in [5.74, 6) is -0.172. The molecular weight excluding hydrogens is 201 g/mol. The smallest absolute Gasteiger partial charge is 0.126 e. The fraction of sp³-hybridized carbons (Fsp3) is 0.143. The zero-order valence-electron chi connectivity index (χ0n) is 9.42. The average molecular weight is 215 g/mol. The van der Waals surface area contributed by atoms with Gasteiger partial charge in [0.2, 0.25) is 0 Å². The number of benzene rings is 2. The highest BCUT2D eigenvalue weighted by atomic mass is 19.1. The fourth-order valence-corrected chi connectivity index (χ4v) is 1.77. The number of hydrogen-bond acceptors (Lipinski definition) is 1. The predicted molar refractivity (Wildman–Crippen MR) is 65.7 cm³/mol. The molecular formula is C14H14FN. The quantitative estimate of drug-likeness (QED) is 0.721. The Balaban J connectivity index is 2.54. The monoisotopic (exact) mass is 215 g/mol. The Morgan fingerprint density at radius 2 is 1.69 bits per heavy atom. The molecule has 2 aromatic rings. The molecule has 0 aromatic heterocycles. The molecule has 0 bridgehead atoms. The van der Waals surface area contributed by atoms with Gasteiger partial charge in [0.1, 0.15) is 5.82 Å². The summed E-state index contributed by atoms with van der Waals surface area (Å²) in [5.41, 5.74) is 10.0. The lowest BCUT2D eigenvalue weighted by Gasteiger charge is -2.08. The standard InChI is InChI=1S/C14H14FN/c1-9-3-4-11(8-14(9)15)13-6-5-12(16)7-10(13)2/h3-8H,16H2,1-2H3. The third-order valence-corrected chi connectivity index (χ3v) is 2.73. The van der Waals surface area contributed by atoms with Crippen molar-refractivity contribution in [1.29, 1.82) is 0 Å². The number of hydrogen-bond donors (Lipinski definition) is 1. The van der Waals surface area contributed by atoms with Gasteiger partial charge in [0.05, 0.1) is 0 Å². The maximum Gasteiger partial charge on any atom is 0.126 e. The minimum Gasteiger partial charge on any atom is -0.399 e. The van der Waals surface area contributed by atoms with E-state index in [1.54, 1.807) is 19.1 Å². The first kappa shape index (κ1) is 10.7. The normalized spacial score (nSPS) is 10.4. The van der Waals surface area contributed by atoms with Crippen molar-refractivity contribution in [3.63, 3.8) is 0 Å². The maximum atomic E-state index is 13.5. The summed E-state index contributed by atoms with van der Waals surface area (Å²) in [6.07, 6.45) is 0. The molecule has 16 heavy (non-hydrogen) atoms. The number of aryl methyl sites for hydroxylation is 2. The molecule has 82 valence electrons. The lowest BCUT2D eigenvalue weighted by molar-refractivity contribution is 0.619. The third kappa shape index (κ3) is 1.91. The van der Waals surface area contributed by atoms with Crippen LogP contribution in [-0.4, -0.2) is 0 Å². The van der Waals surface area contributed by atoms with Crippen LogP contribution < -0.4 is 5.73 Å². The van der Waals surface area contributed by atoms with Crippen molar-refractivity contribution in [3.8, 4) is 11.1 Å². The van der Waals surface area contributed by atoms with Gasteiger partial charge in [-0.2, -0.15) is 0 Å². The average Bonchev–Trinajstić information content (AvgIpc) is 2.22. The van der Waals surface area contributed by atoms with E-state index < -0.39 is 0 Å². The van der Waals surface area contributed by atoms with Gasteiger partial charge in [0, 0.05) is 5.69 Å². The maximum absolute atomic E-state index is 13.5. The largest absolute Gasteiger partial charge is 0.399 e. The summed E-state index contributed by atoms with van der Waals surface area (Å²) in [6.45, 7) is 3.73. The van der Waals surface area contributed by atoms with Crippen LogP contribution in [0.2, 0.25) is 0 Å². The summed E-state index contributed by atoms with van der Waals surface area (Å²) < 4.78 is 13.5. The van der Waals surface area contributed by atoms with Crippen LogP contribution in [0.4, 0.5) is 10.1 Å². The van der Waals surface area contributed by atoms with Crippen molar-refractivity contribution >= 4 is 5.69 Å². The summed E-state index contributed by atoms with van der Waals surface area (Å²) in [5, 5.41) is 0. The molecule has 0 radical (unpaired) electrons. The van der Waals surface area contributed by atoms with E-state index in [2.05, 4.69) is 0 Å². The zero-order valence-corrected chi connectivity index (χ0v) is 9.42. The molecule has 2 aromatic carbocycles. The Morgan fingerprint density at radius 3 is 2.31 bits per heavy atom. The second-order valence-corrected chi connectivity index (χ2v) is 4.04. The van der Waals surface area contributed by atoms with Crippen molar-refractivity contribution in [2.24, 2.45) is 0 Å². The highest BCUT2D eigenvalue weighted by Gasteiger charge is 2.04. The van der Waals surface area contributed by atoms with Crippen LogP contribution in [-0.2, 0) is 0 Å². The van der Waals surface area contributed by atoms with Crippen LogP contribution in [0.25, 0.3) is 11.1 Å². The van der Waals surface area contributed by atoms with E-state index in [0.717, 1.165) is 22.4 Å². The molecule has 0 amide bonds. The molecule has 0 saturated heterocycles. The van der Waals surface area contributed by atoms with Gasteiger partial charge in [-0.15, -0.1) is 0 Å². The second-order valence-electron chi connectivity index (χ2n) is 4.04. The minimum atomic E-state index is -0.172. The third-order valence-electron chi connectivity index (χ3n) is 2.73. The SMILES string of the molecule is Cc1ccc(-c2ccc(N)cc2C)cc1F. The minimum absolute atomic E-state index is 0.172. The van der Waals surface area contributed by atoms with Gasteiger partial charge >= 0.3 is 0 Å². The molecule has 2 N–H and O–H groups in total. The lowest BCUT2D eigenvalue weighted by Crippen LogP contribution is -1.90. The Kier molecular flexibility index (Phi) is 2.65. The van der Waals surface area contributed by atoms with Gasteiger partial charge in [-0.25, -0.2) is 4.39 Å². The number of halogens is 1. The van der Waals surface area contributed by atoms with Crippen LogP contribution in [0, 0.1) is 19.7 Å². The number of nitrogens with two attached hydrogens (primary N) is 1. The molecule has 0 spiro atoms. The number of nitrogen functional groups attached to an aromatic ring is 1. The van der Waals surface area contributed by atoms with E-state index >= 15 is 0 Å². The first-order valence-corrected chi connectivity index (χ1v) is 5.20. The van der Waals surface area contributed by atoms with Gasteiger partial charge in [-0.05, 0) is 54.3 Å². The first-order chi connectivity index (χ1) is 7.58. The van der Waals surface area contributed by atoms with Crippen LogP contribution >= 0.6 is 0 Å². The molecule has 2 rings (SSSR count). The fourth-order valence-electron chi connectivity index (χ4n) is 1.77. The van der Waals surface area contributed by atoms with Gasteiger partial charge in [0.25, 0.3) is 0 Å².